The molecule has 8 nitrogen and oxygen atoms in total. The molecule has 8 heteroatoms. The first kappa shape index (κ1) is 22.3. The third-order valence-corrected chi connectivity index (χ3v) is 5.78. The maximum Gasteiger partial charge on any atom is 0.251 e. The number of benzene rings is 1. The van der Waals surface area contributed by atoms with Gasteiger partial charge in [0.2, 0.25) is 0 Å². The van der Waals surface area contributed by atoms with Crippen molar-refractivity contribution in [2.45, 2.75) is 26.2 Å². The van der Waals surface area contributed by atoms with Crippen LogP contribution in [0, 0.1) is 0 Å². The second kappa shape index (κ2) is 9.68. The van der Waals surface area contributed by atoms with Crippen molar-refractivity contribution in [2.75, 3.05) is 23.3 Å². The van der Waals surface area contributed by atoms with Gasteiger partial charge in [-0.3, -0.25) is 4.79 Å². The highest BCUT2D eigenvalue weighted by atomic mass is 16.1. The summed E-state index contributed by atoms with van der Waals surface area (Å²) < 4.78 is 2.08. The van der Waals surface area contributed by atoms with Crippen molar-refractivity contribution in [3.8, 4) is 11.4 Å². The number of fused-ring (bicyclic) bond motifs is 1. The summed E-state index contributed by atoms with van der Waals surface area (Å²) in [6, 6.07) is 9.61. The molecule has 0 unspecified atom stereocenters. The summed E-state index contributed by atoms with van der Waals surface area (Å²) in [7, 11) is 2.03. The highest BCUT2D eigenvalue weighted by Crippen LogP contribution is 2.30. The predicted octanol–water partition coefficient (Wildman–Crippen LogP) is 4.01. The summed E-state index contributed by atoms with van der Waals surface area (Å²) >= 11 is 0. The van der Waals surface area contributed by atoms with E-state index in [1.165, 1.54) is 19.3 Å². The van der Waals surface area contributed by atoms with Crippen LogP contribution >= 0.6 is 0 Å². The van der Waals surface area contributed by atoms with Gasteiger partial charge < -0.3 is 20.5 Å². The fraction of sp³-hybridized carbons (Fsp3) is 0.280. The molecule has 0 saturated carbocycles. The number of aromatic nitrogens is 3. The first-order chi connectivity index (χ1) is 16.0. The number of carbonyl (C=O) groups excluding carboxylic acids is 1. The normalized spacial score (nSPS) is 15.0. The first-order valence-corrected chi connectivity index (χ1v) is 11.1. The molecule has 3 heterocycles. The van der Waals surface area contributed by atoms with Crippen LogP contribution in [-0.2, 0) is 11.8 Å². The van der Waals surface area contributed by atoms with Crippen LogP contribution in [-0.4, -0.2) is 40.2 Å². The molecular formula is C25H29N7O. The Bertz CT molecular complexity index is 1250. The Morgan fingerprint density at radius 3 is 2.73 bits per heavy atom. The Balaban J connectivity index is 1.65. The van der Waals surface area contributed by atoms with Crippen molar-refractivity contribution in [2.24, 2.45) is 17.8 Å². The lowest BCUT2D eigenvalue weighted by Crippen LogP contribution is -2.30. The molecule has 0 bridgehead atoms. The molecule has 0 radical (unpaired) electrons. The third kappa shape index (κ3) is 4.95. The minimum absolute atomic E-state index is 0.228. The van der Waals surface area contributed by atoms with Crippen LogP contribution in [0.15, 0.2) is 65.1 Å². The van der Waals surface area contributed by atoms with Crippen LogP contribution in [0.2, 0.25) is 0 Å². The quantitative estimate of drug-likeness (QED) is 0.340. The van der Waals surface area contributed by atoms with Crippen molar-refractivity contribution >= 4 is 35.2 Å². The molecule has 2 aromatic heterocycles. The summed E-state index contributed by atoms with van der Waals surface area (Å²) in [6.07, 6.45) is 8.77. The standard InChI is InChI=1S/C25H29N7O/c1-17(10-11-21(26)27-2)25(33)28-19-9-7-8-18(16-19)23-29-20-12-15-31(3)22(20)24(30-23)32-13-5-4-6-14-32/h7-12,15-16H,2,4-6,13-14,26H2,1,3H3,(H,28,33)/b17-10+,21-11-. The van der Waals surface area contributed by atoms with Crippen molar-refractivity contribution in [1.29, 1.82) is 0 Å². The topological polar surface area (TPSA) is 101 Å². The minimum Gasteiger partial charge on any atom is -0.384 e. The van der Waals surface area contributed by atoms with Crippen molar-refractivity contribution in [3.63, 3.8) is 0 Å². The molecule has 1 fully saturated rings. The van der Waals surface area contributed by atoms with E-state index in [4.69, 9.17) is 15.7 Å². The van der Waals surface area contributed by atoms with Gasteiger partial charge in [-0.25, -0.2) is 15.0 Å². The van der Waals surface area contributed by atoms with Crippen molar-refractivity contribution in [3.05, 3.63) is 60.1 Å². The van der Waals surface area contributed by atoms with Gasteiger partial charge in [0.1, 0.15) is 11.3 Å². The smallest absolute Gasteiger partial charge is 0.251 e. The van der Waals surface area contributed by atoms with Crippen LogP contribution in [0.5, 0.6) is 0 Å². The number of allylic oxidation sites excluding steroid dienone is 2. The number of hydrogen-bond acceptors (Lipinski definition) is 6. The first-order valence-electron chi connectivity index (χ1n) is 11.1. The average Bonchev–Trinajstić information content (AvgIpc) is 3.23. The highest BCUT2D eigenvalue weighted by molar-refractivity contribution is 6.03. The van der Waals surface area contributed by atoms with E-state index in [1.54, 1.807) is 19.1 Å². The van der Waals surface area contributed by atoms with Crippen molar-refractivity contribution < 1.29 is 4.79 Å². The summed E-state index contributed by atoms with van der Waals surface area (Å²) in [4.78, 5) is 28.3. The second-order valence-corrected chi connectivity index (χ2v) is 8.21. The van der Waals surface area contributed by atoms with E-state index in [0.717, 1.165) is 35.5 Å². The van der Waals surface area contributed by atoms with E-state index >= 15 is 0 Å². The Morgan fingerprint density at radius 2 is 1.97 bits per heavy atom. The number of carbonyl (C=O) groups is 1. The van der Waals surface area contributed by atoms with Crippen LogP contribution in [0.3, 0.4) is 0 Å². The largest absolute Gasteiger partial charge is 0.384 e. The number of piperidine rings is 1. The number of hydrogen-bond donors (Lipinski definition) is 2. The number of aryl methyl sites for hydroxylation is 1. The Morgan fingerprint density at radius 1 is 1.18 bits per heavy atom. The van der Waals surface area contributed by atoms with E-state index < -0.39 is 0 Å². The van der Waals surface area contributed by atoms with Gasteiger partial charge in [-0.05, 0) is 57.2 Å². The predicted molar refractivity (Wildman–Crippen MR) is 134 cm³/mol. The minimum atomic E-state index is -0.228. The van der Waals surface area contributed by atoms with Crippen molar-refractivity contribution in [1.82, 2.24) is 14.5 Å². The molecule has 1 aliphatic rings. The number of nitrogens with two attached hydrogens (primary N) is 1. The van der Waals surface area contributed by atoms with E-state index in [0.29, 0.717) is 17.1 Å². The maximum absolute atomic E-state index is 12.6. The van der Waals surface area contributed by atoms with Gasteiger partial charge in [-0.2, -0.15) is 0 Å². The zero-order chi connectivity index (χ0) is 23.4. The number of amides is 1. The average molecular weight is 444 g/mol. The summed E-state index contributed by atoms with van der Waals surface area (Å²) in [5.74, 6) is 1.64. The number of nitrogens with one attached hydrogen (secondary N) is 1. The Labute approximate surface area is 193 Å². The van der Waals surface area contributed by atoms with E-state index in [1.807, 2.05) is 43.6 Å². The van der Waals surface area contributed by atoms with Gasteiger partial charge in [0.25, 0.3) is 5.91 Å². The van der Waals surface area contributed by atoms with Crippen LogP contribution < -0.4 is 16.0 Å². The molecule has 1 amide bonds. The van der Waals surface area contributed by atoms with Gasteiger partial charge in [-0.1, -0.05) is 18.2 Å². The molecule has 3 aromatic rings. The van der Waals surface area contributed by atoms with Crippen LogP contribution in [0.4, 0.5) is 11.5 Å². The van der Waals surface area contributed by atoms with E-state index in [2.05, 4.69) is 26.5 Å². The molecule has 1 aliphatic heterocycles. The highest BCUT2D eigenvalue weighted by Gasteiger charge is 2.19. The Kier molecular flexibility index (Phi) is 6.53. The van der Waals surface area contributed by atoms with E-state index in [9.17, 15) is 4.79 Å². The van der Waals surface area contributed by atoms with E-state index in [-0.39, 0.29) is 11.7 Å². The molecular weight excluding hydrogens is 414 g/mol. The lowest BCUT2D eigenvalue weighted by molar-refractivity contribution is -0.112. The van der Waals surface area contributed by atoms with Crippen LogP contribution in [0.1, 0.15) is 26.2 Å². The number of nitrogens with zero attached hydrogens (tertiary/aromatic N) is 5. The lowest BCUT2D eigenvalue weighted by Gasteiger charge is -2.28. The summed E-state index contributed by atoms with van der Waals surface area (Å²) in [6.45, 7) is 7.07. The molecule has 0 aliphatic carbocycles. The molecule has 1 aromatic carbocycles. The fourth-order valence-corrected chi connectivity index (χ4v) is 3.93. The number of rotatable bonds is 6. The Hall–Kier alpha value is -3.94. The molecule has 170 valence electrons. The number of aliphatic imine (C=N–C) groups is 1. The molecule has 33 heavy (non-hydrogen) atoms. The second-order valence-electron chi connectivity index (χ2n) is 8.21. The molecule has 0 atom stereocenters. The summed E-state index contributed by atoms with van der Waals surface area (Å²) in [5.41, 5.74) is 9.58. The van der Waals surface area contributed by atoms with Crippen LogP contribution in [0.25, 0.3) is 22.4 Å². The van der Waals surface area contributed by atoms with Gasteiger partial charge in [-0.15, -0.1) is 0 Å². The number of anilines is 2. The molecule has 3 N–H and O–H groups in total. The zero-order valence-corrected chi connectivity index (χ0v) is 19.1. The van der Waals surface area contributed by atoms with Gasteiger partial charge in [0, 0.05) is 43.2 Å². The maximum atomic E-state index is 12.6. The van der Waals surface area contributed by atoms with Gasteiger partial charge >= 0.3 is 0 Å². The van der Waals surface area contributed by atoms with Gasteiger partial charge in [0.15, 0.2) is 11.6 Å². The monoisotopic (exact) mass is 443 g/mol. The SMILES string of the molecule is C=N/C(N)=C\C=C(/C)C(=O)Nc1cccc(-c2nc(N3CCCCC3)c3c(ccn3C)n2)c1. The fourth-order valence-electron chi connectivity index (χ4n) is 3.93. The lowest BCUT2D eigenvalue weighted by atomic mass is 10.1. The third-order valence-electron chi connectivity index (χ3n) is 5.78. The molecule has 4 rings (SSSR count). The van der Waals surface area contributed by atoms with Gasteiger partial charge in [0.05, 0.1) is 5.52 Å². The molecule has 0 spiro atoms. The summed E-state index contributed by atoms with van der Waals surface area (Å²) in [5, 5.41) is 2.92. The zero-order valence-electron chi connectivity index (χ0n) is 19.1. The molecule has 1 saturated heterocycles.